The minimum Gasteiger partial charge on any atom is -0.325 e. The van der Waals surface area contributed by atoms with E-state index in [1.807, 2.05) is 18.2 Å². The molecule has 0 spiro atoms. The summed E-state index contributed by atoms with van der Waals surface area (Å²) < 4.78 is 0. The number of pyridine rings is 1. The SMILES string of the molecule is NCc1ccccn1.[Pt]. The minimum absolute atomic E-state index is 0. The Labute approximate surface area is 68.7 Å². The molecule has 3 heteroatoms. The fraction of sp³-hybridized carbons (Fsp3) is 0.167. The Morgan fingerprint density at radius 1 is 1.44 bits per heavy atom. The maximum atomic E-state index is 5.29. The molecule has 0 aromatic carbocycles. The Morgan fingerprint density at radius 3 is 2.56 bits per heavy atom. The first-order valence-electron chi connectivity index (χ1n) is 2.53. The van der Waals surface area contributed by atoms with Gasteiger partial charge in [-0.25, -0.2) is 0 Å². The molecule has 0 unspecified atom stereocenters. The predicted octanol–water partition coefficient (Wildman–Crippen LogP) is 0.538. The van der Waals surface area contributed by atoms with Crippen LogP contribution in [0.25, 0.3) is 0 Å². The molecule has 1 rings (SSSR count). The van der Waals surface area contributed by atoms with Crippen molar-refractivity contribution in [1.29, 1.82) is 0 Å². The van der Waals surface area contributed by atoms with E-state index in [4.69, 9.17) is 5.73 Å². The summed E-state index contributed by atoms with van der Waals surface area (Å²) in [6.07, 6.45) is 1.74. The van der Waals surface area contributed by atoms with Crippen LogP contribution >= 0.6 is 0 Å². The van der Waals surface area contributed by atoms with E-state index in [0.717, 1.165) is 5.69 Å². The molecule has 1 aromatic heterocycles. The van der Waals surface area contributed by atoms with Gasteiger partial charge in [0.1, 0.15) is 0 Å². The van der Waals surface area contributed by atoms with E-state index in [2.05, 4.69) is 4.98 Å². The van der Waals surface area contributed by atoms with Crippen molar-refractivity contribution in [3.63, 3.8) is 0 Å². The van der Waals surface area contributed by atoms with Crippen molar-refractivity contribution < 1.29 is 21.1 Å². The molecule has 0 bridgehead atoms. The van der Waals surface area contributed by atoms with Crippen molar-refractivity contribution in [1.82, 2.24) is 4.98 Å². The quantitative estimate of drug-likeness (QED) is 0.822. The maximum Gasteiger partial charge on any atom is 0.0539 e. The minimum atomic E-state index is 0. The van der Waals surface area contributed by atoms with Crippen LogP contribution in [0.2, 0.25) is 0 Å². The second-order valence-electron chi connectivity index (χ2n) is 1.53. The van der Waals surface area contributed by atoms with Crippen LogP contribution in [-0.4, -0.2) is 4.98 Å². The van der Waals surface area contributed by atoms with Crippen molar-refractivity contribution in [2.24, 2.45) is 5.73 Å². The zero-order valence-electron chi connectivity index (χ0n) is 4.86. The van der Waals surface area contributed by atoms with Crippen LogP contribution in [0.1, 0.15) is 5.69 Å². The first-order chi connectivity index (χ1) is 3.93. The first-order valence-corrected chi connectivity index (χ1v) is 2.53. The number of nitrogens with two attached hydrogens (primary N) is 1. The fourth-order valence-electron chi connectivity index (χ4n) is 0.519. The van der Waals surface area contributed by atoms with Crippen LogP contribution in [0.5, 0.6) is 0 Å². The van der Waals surface area contributed by atoms with Gasteiger partial charge in [-0.1, -0.05) is 6.07 Å². The molecule has 0 saturated carbocycles. The van der Waals surface area contributed by atoms with Gasteiger partial charge < -0.3 is 5.73 Å². The maximum absolute atomic E-state index is 5.29. The number of rotatable bonds is 1. The van der Waals surface area contributed by atoms with Gasteiger partial charge in [-0.05, 0) is 12.1 Å². The standard InChI is InChI=1S/C6H8N2.Pt/c7-5-6-3-1-2-4-8-6;/h1-4H,5,7H2;. The van der Waals surface area contributed by atoms with E-state index in [1.165, 1.54) is 0 Å². The molecule has 1 aromatic rings. The summed E-state index contributed by atoms with van der Waals surface area (Å²) >= 11 is 0. The zero-order valence-corrected chi connectivity index (χ0v) is 7.13. The second-order valence-corrected chi connectivity index (χ2v) is 1.53. The molecular formula is C6H8N2Pt. The fourth-order valence-corrected chi connectivity index (χ4v) is 0.519. The van der Waals surface area contributed by atoms with Crippen LogP contribution in [0.4, 0.5) is 0 Å². The molecule has 0 atom stereocenters. The summed E-state index contributed by atoms with van der Waals surface area (Å²) in [5.74, 6) is 0. The van der Waals surface area contributed by atoms with Gasteiger partial charge in [-0.3, -0.25) is 4.98 Å². The molecule has 0 saturated heterocycles. The molecule has 2 nitrogen and oxygen atoms in total. The van der Waals surface area contributed by atoms with Crippen LogP contribution < -0.4 is 5.73 Å². The molecule has 0 aliphatic carbocycles. The van der Waals surface area contributed by atoms with Gasteiger partial charge in [0.2, 0.25) is 0 Å². The van der Waals surface area contributed by atoms with E-state index < -0.39 is 0 Å². The third kappa shape index (κ3) is 2.73. The molecule has 0 aliphatic rings. The molecule has 2 N–H and O–H groups in total. The monoisotopic (exact) mass is 303 g/mol. The number of hydrogen-bond acceptors (Lipinski definition) is 2. The average molecular weight is 303 g/mol. The van der Waals surface area contributed by atoms with Crippen LogP contribution in [0.3, 0.4) is 0 Å². The largest absolute Gasteiger partial charge is 0.325 e. The molecule has 1 heterocycles. The topological polar surface area (TPSA) is 38.9 Å². The van der Waals surface area contributed by atoms with Crippen molar-refractivity contribution in [3.8, 4) is 0 Å². The van der Waals surface area contributed by atoms with Gasteiger partial charge in [0.05, 0.1) is 5.69 Å². The first kappa shape index (κ1) is 8.80. The van der Waals surface area contributed by atoms with E-state index in [-0.39, 0.29) is 21.1 Å². The van der Waals surface area contributed by atoms with Gasteiger partial charge in [0.15, 0.2) is 0 Å². The molecule has 52 valence electrons. The van der Waals surface area contributed by atoms with Crippen molar-refractivity contribution in [2.75, 3.05) is 0 Å². The average Bonchev–Trinajstić information content (AvgIpc) is 1.90. The summed E-state index contributed by atoms with van der Waals surface area (Å²) in [4.78, 5) is 3.97. The van der Waals surface area contributed by atoms with Gasteiger partial charge in [0, 0.05) is 33.8 Å². The molecule has 0 radical (unpaired) electrons. The zero-order chi connectivity index (χ0) is 5.82. The van der Waals surface area contributed by atoms with Gasteiger partial charge in [-0.15, -0.1) is 0 Å². The Morgan fingerprint density at radius 2 is 2.22 bits per heavy atom. The normalized spacial score (nSPS) is 8.11. The smallest absolute Gasteiger partial charge is 0.0539 e. The summed E-state index contributed by atoms with van der Waals surface area (Å²) in [6.45, 7) is 0.529. The predicted molar refractivity (Wildman–Crippen MR) is 32.1 cm³/mol. The van der Waals surface area contributed by atoms with Crippen LogP contribution in [0.15, 0.2) is 24.4 Å². The molecule has 0 amide bonds. The van der Waals surface area contributed by atoms with E-state index in [0.29, 0.717) is 6.54 Å². The summed E-state index contributed by atoms with van der Waals surface area (Å²) in [5, 5.41) is 0. The Hall–Kier alpha value is -0.202. The summed E-state index contributed by atoms with van der Waals surface area (Å²) in [6, 6.07) is 5.70. The summed E-state index contributed by atoms with van der Waals surface area (Å²) in [5.41, 5.74) is 6.22. The Balaban J connectivity index is 0.000000640. The van der Waals surface area contributed by atoms with Crippen molar-refractivity contribution in [3.05, 3.63) is 30.1 Å². The number of nitrogens with zero attached hydrogens (tertiary/aromatic N) is 1. The van der Waals surface area contributed by atoms with Gasteiger partial charge >= 0.3 is 0 Å². The molecular weight excluding hydrogens is 295 g/mol. The number of aromatic nitrogens is 1. The van der Waals surface area contributed by atoms with E-state index in [9.17, 15) is 0 Å². The number of hydrogen-bond donors (Lipinski definition) is 1. The van der Waals surface area contributed by atoms with E-state index in [1.54, 1.807) is 6.20 Å². The van der Waals surface area contributed by atoms with Gasteiger partial charge in [0.25, 0.3) is 0 Å². The molecule has 9 heavy (non-hydrogen) atoms. The van der Waals surface area contributed by atoms with Crippen molar-refractivity contribution >= 4 is 0 Å². The Bertz CT molecular complexity index is 152. The Kier molecular flexibility index (Phi) is 4.55. The molecule has 0 aliphatic heterocycles. The van der Waals surface area contributed by atoms with Crippen LogP contribution in [0, 0.1) is 0 Å². The third-order valence-corrected chi connectivity index (χ3v) is 0.935. The summed E-state index contributed by atoms with van der Waals surface area (Å²) in [7, 11) is 0. The van der Waals surface area contributed by atoms with Crippen LogP contribution in [-0.2, 0) is 27.6 Å². The third-order valence-electron chi connectivity index (χ3n) is 0.935. The second kappa shape index (κ2) is 4.66. The van der Waals surface area contributed by atoms with E-state index >= 15 is 0 Å². The van der Waals surface area contributed by atoms with Gasteiger partial charge in [-0.2, -0.15) is 0 Å². The van der Waals surface area contributed by atoms with Crippen molar-refractivity contribution in [2.45, 2.75) is 6.54 Å². The molecule has 0 fully saturated rings.